The quantitative estimate of drug-likeness (QED) is 0.660. The number of aryl methyl sites for hydroxylation is 1. The van der Waals surface area contributed by atoms with E-state index >= 15 is 0 Å². The van der Waals surface area contributed by atoms with Gasteiger partial charge in [-0.1, -0.05) is 6.07 Å². The Labute approximate surface area is 158 Å². The van der Waals surface area contributed by atoms with Crippen LogP contribution in [0.4, 0.5) is 18.9 Å². The standard InChI is InChI=1S/C18H18F3NO4S/c1-12(25-16(23)6-2-4-15-5-3-11-27-15)17(24)22-13-7-9-14(10-8-13)26-18(19,20)21/h3,5,7-12H,2,4,6H2,1H3,(H,22,24)/t12-/m1/s1. The van der Waals surface area contributed by atoms with Crippen LogP contribution in [0.1, 0.15) is 24.6 Å². The first-order chi connectivity index (χ1) is 12.7. The van der Waals surface area contributed by atoms with E-state index in [2.05, 4.69) is 10.1 Å². The summed E-state index contributed by atoms with van der Waals surface area (Å²) in [6.45, 7) is 1.42. The van der Waals surface area contributed by atoms with Crippen molar-refractivity contribution in [1.29, 1.82) is 0 Å². The van der Waals surface area contributed by atoms with E-state index in [9.17, 15) is 22.8 Å². The van der Waals surface area contributed by atoms with Crippen molar-refractivity contribution in [3.8, 4) is 5.75 Å². The summed E-state index contributed by atoms with van der Waals surface area (Å²) in [6.07, 6.45) is -4.23. The number of rotatable bonds is 8. The molecule has 1 atom stereocenters. The number of carbonyl (C=O) groups is 2. The Bertz CT molecular complexity index is 745. The van der Waals surface area contributed by atoms with Crippen molar-refractivity contribution >= 4 is 28.9 Å². The highest BCUT2D eigenvalue weighted by atomic mass is 32.1. The normalized spacial score (nSPS) is 12.3. The van der Waals surface area contributed by atoms with Crippen LogP contribution in [-0.2, 0) is 20.7 Å². The number of esters is 1. The Morgan fingerprint density at radius 1 is 1.19 bits per heavy atom. The van der Waals surface area contributed by atoms with Gasteiger partial charge in [0.05, 0.1) is 0 Å². The summed E-state index contributed by atoms with van der Waals surface area (Å²) in [5.74, 6) is -1.46. The predicted octanol–water partition coefficient (Wildman–Crippen LogP) is 4.54. The molecule has 0 aliphatic heterocycles. The zero-order valence-corrected chi connectivity index (χ0v) is 15.2. The summed E-state index contributed by atoms with van der Waals surface area (Å²) in [5.41, 5.74) is 0.259. The van der Waals surface area contributed by atoms with Crippen molar-refractivity contribution in [2.75, 3.05) is 5.32 Å². The number of anilines is 1. The summed E-state index contributed by atoms with van der Waals surface area (Å²) >= 11 is 1.61. The van der Waals surface area contributed by atoms with Gasteiger partial charge < -0.3 is 14.8 Å². The molecule has 0 unspecified atom stereocenters. The predicted molar refractivity (Wildman–Crippen MR) is 94.6 cm³/mol. The van der Waals surface area contributed by atoms with Crippen molar-refractivity contribution in [3.63, 3.8) is 0 Å². The van der Waals surface area contributed by atoms with Crippen molar-refractivity contribution < 1.29 is 32.2 Å². The van der Waals surface area contributed by atoms with Gasteiger partial charge in [-0.2, -0.15) is 0 Å². The number of hydrogen-bond acceptors (Lipinski definition) is 5. The summed E-state index contributed by atoms with van der Waals surface area (Å²) in [7, 11) is 0. The van der Waals surface area contributed by atoms with Gasteiger partial charge in [0.1, 0.15) is 5.75 Å². The van der Waals surface area contributed by atoms with Crippen molar-refractivity contribution in [3.05, 3.63) is 46.7 Å². The van der Waals surface area contributed by atoms with E-state index in [1.54, 1.807) is 11.3 Å². The molecule has 0 aliphatic carbocycles. The molecule has 0 saturated heterocycles. The van der Waals surface area contributed by atoms with Gasteiger partial charge in [-0.05, 0) is 55.5 Å². The van der Waals surface area contributed by atoms with Crippen LogP contribution in [-0.4, -0.2) is 24.3 Å². The molecule has 1 N–H and O–H groups in total. The number of amides is 1. The number of hydrogen-bond donors (Lipinski definition) is 1. The van der Waals surface area contributed by atoms with Gasteiger partial charge in [0.25, 0.3) is 5.91 Å². The Morgan fingerprint density at radius 3 is 2.48 bits per heavy atom. The molecule has 0 spiro atoms. The molecule has 1 aromatic heterocycles. The van der Waals surface area contributed by atoms with Gasteiger partial charge in [0.15, 0.2) is 6.10 Å². The van der Waals surface area contributed by atoms with Crippen LogP contribution in [0.3, 0.4) is 0 Å². The SMILES string of the molecule is C[C@@H](OC(=O)CCCc1cccs1)C(=O)Nc1ccc(OC(F)(F)F)cc1. The largest absolute Gasteiger partial charge is 0.573 e. The number of nitrogens with one attached hydrogen (secondary N) is 1. The zero-order valence-electron chi connectivity index (χ0n) is 14.4. The first-order valence-corrected chi connectivity index (χ1v) is 8.99. The maximum atomic E-state index is 12.1. The second kappa shape index (κ2) is 9.40. The van der Waals surface area contributed by atoms with E-state index in [0.29, 0.717) is 6.42 Å². The highest BCUT2D eigenvalue weighted by molar-refractivity contribution is 7.09. The lowest BCUT2D eigenvalue weighted by molar-refractivity contribution is -0.274. The van der Waals surface area contributed by atoms with Gasteiger partial charge in [-0.15, -0.1) is 24.5 Å². The molecule has 27 heavy (non-hydrogen) atoms. The molecule has 2 aromatic rings. The minimum absolute atomic E-state index is 0.193. The average Bonchev–Trinajstić information content (AvgIpc) is 3.08. The second-order valence-electron chi connectivity index (χ2n) is 5.63. The Hall–Kier alpha value is -2.55. The topological polar surface area (TPSA) is 64.6 Å². The lowest BCUT2D eigenvalue weighted by Crippen LogP contribution is -2.29. The van der Waals surface area contributed by atoms with E-state index in [-0.39, 0.29) is 12.1 Å². The van der Waals surface area contributed by atoms with Crippen molar-refractivity contribution in [1.82, 2.24) is 0 Å². The van der Waals surface area contributed by atoms with Crippen LogP contribution in [0, 0.1) is 0 Å². The van der Waals surface area contributed by atoms with Crippen LogP contribution < -0.4 is 10.1 Å². The lowest BCUT2D eigenvalue weighted by atomic mass is 10.2. The third kappa shape index (κ3) is 7.69. The smallest absolute Gasteiger partial charge is 0.453 e. The number of halogens is 3. The van der Waals surface area contributed by atoms with Crippen LogP contribution in [0.15, 0.2) is 41.8 Å². The maximum Gasteiger partial charge on any atom is 0.573 e. The fourth-order valence-electron chi connectivity index (χ4n) is 2.16. The van der Waals surface area contributed by atoms with Crippen molar-refractivity contribution in [2.45, 2.75) is 38.7 Å². The van der Waals surface area contributed by atoms with Crippen LogP contribution in [0.25, 0.3) is 0 Å². The number of ether oxygens (including phenoxy) is 2. The molecule has 9 heteroatoms. The second-order valence-corrected chi connectivity index (χ2v) is 6.66. The third-order valence-electron chi connectivity index (χ3n) is 3.42. The minimum Gasteiger partial charge on any atom is -0.453 e. The van der Waals surface area contributed by atoms with E-state index in [0.717, 1.165) is 18.6 Å². The Morgan fingerprint density at radius 2 is 1.89 bits per heavy atom. The fraction of sp³-hybridized carbons (Fsp3) is 0.333. The fourth-order valence-corrected chi connectivity index (χ4v) is 2.91. The summed E-state index contributed by atoms with van der Waals surface area (Å²) in [5, 5.41) is 4.42. The minimum atomic E-state index is -4.78. The van der Waals surface area contributed by atoms with Gasteiger partial charge in [0, 0.05) is 17.0 Å². The molecule has 0 aliphatic rings. The first-order valence-electron chi connectivity index (χ1n) is 8.11. The molecule has 0 fully saturated rings. The molecule has 5 nitrogen and oxygen atoms in total. The van der Waals surface area contributed by atoms with E-state index in [1.165, 1.54) is 23.9 Å². The van der Waals surface area contributed by atoms with E-state index in [1.807, 2.05) is 17.5 Å². The van der Waals surface area contributed by atoms with Gasteiger partial charge >= 0.3 is 12.3 Å². The highest BCUT2D eigenvalue weighted by Gasteiger charge is 2.31. The van der Waals surface area contributed by atoms with Gasteiger partial charge in [-0.25, -0.2) is 0 Å². The number of thiophene rings is 1. The molecular formula is C18H18F3NO4S. The van der Waals surface area contributed by atoms with E-state index < -0.39 is 30.1 Å². The van der Waals surface area contributed by atoms with Gasteiger partial charge in [0.2, 0.25) is 0 Å². The monoisotopic (exact) mass is 401 g/mol. The molecule has 0 bridgehead atoms. The molecular weight excluding hydrogens is 383 g/mol. The molecule has 2 rings (SSSR count). The molecule has 1 aromatic carbocycles. The van der Waals surface area contributed by atoms with Crippen LogP contribution >= 0.6 is 11.3 Å². The zero-order chi connectivity index (χ0) is 19.9. The number of alkyl halides is 3. The van der Waals surface area contributed by atoms with Crippen LogP contribution in [0.2, 0.25) is 0 Å². The third-order valence-corrected chi connectivity index (χ3v) is 4.35. The number of carbonyl (C=O) groups excluding carboxylic acids is 2. The summed E-state index contributed by atoms with van der Waals surface area (Å²) in [6, 6.07) is 8.58. The molecule has 0 radical (unpaired) electrons. The summed E-state index contributed by atoms with van der Waals surface area (Å²) in [4.78, 5) is 25.0. The van der Waals surface area contributed by atoms with E-state index in [4.69, 9.17) is 4.74 Å². The molecule has 0 saturated carbocycles. The maximum absolute atomic E-state index is 12.1. The number of benzene rings is 1. The highest BCUT2D eigenvalue weighted by Crippen LogP contribution is 2.24. The van der Waals surface area contributed by atoms with Crippen molar-refractivity contribution in [2.24, 2.45) is 0 Å². The van der Waals surface area contributed by atoms with Crippen LogP contribution in [0.5, 0.6) is 5.75 Å². The molecule has 146 valence electrons. The average molecular weight is 401 g/mol. The first kappa shape index (κ1) is 20.8. The lowest BCUT2D eigenvalue weighted by Gasteiger charge is -2.14. The molecule has 1 heterocycles. The van der Waals surface area contributed by atoms with Gasteiger partial charge in [-0.3, -0.25) is 9.59 Å². The molecule has 1 amide bonds. The summed E-state index contributed by atoms with van der Waals surface area (Å²) < 4.78 is 45.1. The Kier molecular flexibility index (Phi) is 7.23. The Balaban J connectivity index is 1.74.